The van der Waals surface area contributed by atoms with Crippen LogP contribution in [0.25, 0.3) is 0 Å². The minimum Gasteiger partial charge on any atom is -0.754 e. The van der Waals surface area contributed by atoms with Gasteiger partial charge in [0.2, 0.25) is 0 Å². The summed E-state index contributed by atoms with van der Waals surface area (Å²) >= 11 is -2.39. The van der Waals surface area contributed by atoms with Crippen LogP contribution in [0.15, 0.2) is 48.5 Å². The van der Waals surface area contributed by atoms with Gasteiger partial charge in [-0.1, -0.05) is 35.4 Å². The molecule has 0 bridgehead atoms. The molecule has 0 amide bonds. The fourth-order valence-electron chi connectivity index (χ4n) is 1.61. The van der Waals surface area contributed by atoms with E-state index in [0.717, 1.165) is 21.2 Å². The molecule has 0 radical (unpaired) electrons. The number of aryl methyl sites for hydroxylation is 2. The molecule has 0 saturated carbocycles. The molecule has 0 aliphatic rings. The smallest absolute Gasteiger partial charge is 0.0716 e. The Balaban J connectivity index is 2.23. The number of hydrogen-bond donors (Lipinski definition) is 1. The molecule has 0 spiro atoms. The van der Waals surface area contributed by atoms with Crippen LogP contribution in [-0.2, 0) is 11.3 Å². The van der Waals surface area contributed by atoms with Gasteiger partial charge < -0.3 is 4.55 Å². The summed E-state index contributed by atoms with van der Waals surface area (Å²) in [6, 6.07) is 14.8. The summed E-state index contributed by atoms with van der Waals surface area (Å²) in [6.45, 7) is 3.93. The Morgan fingerprint density at radius 2 is 1.42 bits per heavy atom. The molecule has 4 nitrogen and oxygen atoms in total. The van der Waals surface area contributed by atoms with Crippen LogP contribution in [0.3, 0.4) is 0 Å². The van der Waals surface area contributed by atoms with Crippen LogP contribution in [0, 0.1) is 13.8 Å². The van der Waals surface area contributed by atoms with Crippen molar-refractivity contribution in [2.75, 3.05) is 9.84 Å². The second-order valence-electron chi connectivity index (χ2n) is 4.32. The third kappa shape index (κ3) is 3.56. The van der Waals surface area contributed by atoms with Crippen molar-refractivity contribution in [3.05, 3.63) is 59.7 Å². The maximum Gasteiger partial charge on any atom is 0.0716 e. The summed E-state index contributed by atoms with van der Waals surface area (Å²) in [7, 11) is 0. The van der Waals surface area contributed by atoms with Crippen molar-refractivity contribution in [1.82, 2.24) is 0 Å². The number of benzene rings is 2. The molecule has 5 heteroatoms. The van der Waals surface area contributed by atoms with Crippen molar-refractivity contribution in [2.24, 2.45) is 0 Å². The van der Waals surface area contributed by atoms with Gasteiger partial charge in [-0.25, -0.2) is 4.41 Å². The first-order chi connectivity index (χ1) is 9.06. The van der Waals surface area contributed by atoms with Crippen LogP contribution >= 0.6 is 0 Å². The van der Waals surface area contributed by atoms with Crippen LogP contribution in [-0.4, -0.2) is 8.76 Å². The minimum atomic E-state index is -2.39. The van der Waals surface area contributed by atoms with Crippen LogP contribution in [0.5, 0.6) is 0 Å². The molecule has 0 fully saturated rings. The highest BCUT2D eigenvalue weighted by molar-refractivity contribution is 7.80. The maximum absolute atomic E-state index is 11.3. The minimum absolute atomic E-state index is 0.569. The lowest BCUT2D eigenvalue weighted by atomic mass is 10.2. The third-order valence-electron chi connectivity index (χ3n) is 2.70. The summed E-state index contributed by atoms with van der Waals surface area (Å²) in [5, 5.41) is 0. The Morgan fingerprint density at radius 3 is 1.89 bits per heavy atom. The Hall–Kier alpha value is -1.85. The molecule has 0 aliphatic heterocycles. The zero-order chi connectivity index (χ0) is 13.8. The van der Waals surface area contributed by atoms with Crippen LogP contribution < -0.4 is 9.84 Å². The van der Waals surface area contributed by atoms with Crippen molar-refractivity contribution in [2.45, 2.75) is 13.8 Å². The maximum atomic E-state index is 11.3. The molecule has 0 saturated heterocycles. The summed E-state index contributed by atoms with van der Waals surface area (Å²) in [5.74, 6) is 0. The normalized spacial score (nSPS) is 11.9. The van der Waals surface area contributed by atoms with Gasteiger partial charge in [-0.2, -0.15) is 0 Å². The molecule has 2 aromatic rings. The summed E-state index contributed by atoms with van der Waals surface area (Å²) in [5.41, 5.74) is 6.35. The van der Waals surface area contributed by atoms with Gasteiger partial charge in [-0.05, 0) is 38.1 Å². The van der Waals surface area contributed by atoms with E-state index in [1.165, 1.54) is 0 Å². The number of hydrogen-bond acceptors (Lipinski definition) is 3. The van der Waals surface area contributed by atoms with Crippen LogP contribution in [0.2, 0.25) is 0 Å². The molecule has 0 heterocycles. The second-order valence-corrected chi connectivity index (χ2v) is 5.12. The molecule has 0 aromatic heterocycles. The van der Waals surface area contributed by atoms with Crippen LogP contribution in [0.4, 0.5) is 11.4 Å². The molecule has 1 unspecified atom stereocenters. The fourth-order valence-corrected chi connectivity index (χ4v) is 2.09. The molecule has 1 atom stereocenters. The highest BCUT2D eigenvalue weighted by Gasteiger charge is 2.06. The van der Waals surface area contributed by atoms with E-state index in [2.05, 4.69) is 5.43 Å². The standard InChI is InChI=1S/C14H16N2O2S/c1-11-3-7-13(8-4-11)15-16(19(17)18)14-9-5-12(2)6-10-14/h3-10,15H,1-2H3,(H,17,18)/p-1. The molecule has 2 rings (SSSR count). The van der Waals surface area contributed by atoms with E-state index in [9.17, 15) is 8.76 Å². The van der Waals surface area contributed by atoms with Crippen molar-refractivity contribution in [3.63, 3.8) is 0 Å². The molecular weight excluding hydrogens is 260 g/mol. The zero-order valence-corrected chi connectivity index (χ0v) is 11.6. The van der Waals surface area contributed by atoms with Crippen molar-refractivity contribution >= 4 is 22.6 Å². The van der Waals surface area contributed by atoms with E-state index in [1.807, 2.05) is 50.2 Å². The van der Waals surface area contributed by atoms with Gasteiger partial charge in [0, 0.05) is 0 Å². The molecule has 1 N–H and O–H groups in total. The van der Waals surface area contributed by atoms with Gasteiger partial charge in [0.1, 0.15) is 0 Å². The molecule has 19 heavy (non-hydrogen) atoms. The monoisotopic (exact) mass is 275 g/mol. The van der Waals surface area contributed by atoms with Crippen molar-refractivity contribution in [3.8, 4) is 0 Å². The zero-order valence-electron chi connectivity index (χ0n) is 10.8. The molecule has 100 valence electrons. The van der Waals surface area contributed by atoms with E-state index in [-0.39, 0.29) is 0 Å². The Morgan fingerprint density at radius 1 is 0.947 bits per heavy atom. The lowest BCUT2D eigenvalue weighted by molar-refractivity contribution is 0.535. The van der Waals surface area contributed by atoms with Gasteiger partial charge in [0.05, 0.1) is 22.6 Å². The van der Waals surface area contributed by atoms with Crippen molar-refractivity contribution in [1.29, 1.82) is 0 Å². The van der Waals surface area contributed by atoms with E-state index >= 15 is 0 Å². The van der Waals surface area contributed by atoms with E-state index in [4.69, 9.17) is 0 Å². The number of hydrazine groups is 1. The molecule has 2 aromatic carbocycles. The number of anilines is 2. The highest BCUT2D eigenvalue weighted by atomic mass is 32.2. The quantitative estimate of drug-likeness (QED) is 0.689. The highest BCUT2D eigenvalue weighted by Crippen LogP contribution is 2.18. The van der Waals surface area contributed by atoms with Crippen molar-refractivity contribution < 1.29 is 8.76 Å². The first kappa shape index (κ1) is 13.6. The fraction of sp³-hybridized carbons (Fsp3) is 0.143. The van der Waals surface area contributed by atoms with E-state index in [0.29, 0.717) is 5.69 Å². The van der Waals surface area contributed by atoms with Gasteiger partial charge >= 0.3 is 0 Å². The predicted octanol–water partition coefficient (Wildman–Crippen LogP) is 2.93. The second kappa shape index (κ2) is 5.86. The topological polar surface area (TPSA) is 55.4 Å². The number of nitrogens with one attached hydrogen (secondary N) is 1. The first-order valence-corrected chi connectivity index (χ1v) is 6.89. The van der Waals surface area contributed by atoms with Gasteiger partial charge in [-0.3, -0.25) is 9.63 Å². The molecule has 0 aliphatic carbocycles. The average Bonchev–Trinajstić information content (AvgIpc) is 2.39. The first-order valence-electron chi connectivity index (χ1n) is 5.86. The predicted molar refractivity (Wildman–Crippen MR) is 77.4 cm³/mol. The molecular formula is C14H15N2O2S-. The number of rotatable bonds is 4. The van der Waals surface area contributed by atoms with E-state index in [1.54, 1.807) is 12.1 Å². The Kier molecular flexibility index (Phi) is 4.19. The third-order valence-corrected chi connectivity index (χ3v) is 3.30. The van der Waals surface area contributed by atoms with E-state index < -0.39 is 11.3 Å². The van der Waals surface area contributed by atoms with Gasteiger partial charge in [-0.15, -0.1) is 0 Å². The summed E-state index contributed by atoms with van der Waals surface area (Å²) in [6.07, 6.45) is 0. The lowest BCUT2D eigenvalue weighted by Gasteiger charge is -2.27. The summed E-state index contributed by atoms with van der Waals surface area (Å²) in [4.78, 5) is 0. The van der Waals surface area contributed by atoms with Gasteiger partial charge in [0.25, 0.3) is 0 Å². The van der Waals surface area contributed by atoms with Crippen LogP contribution in [0.1, 0.15) is 11.1 Å². The lowest BCUT2D eigenvalue weighted by Crippen LogP contribution is -2.31. The number of nitrogens with zero attached hydrogens (tertiary/aromatic N) is 1. The summed E-state index contributed by atoms with van der Waals surface area (Å²) < 4.78 is 23.7. The Labute approximate surface area is 115 Å². The average molecular weight is 275 g/mol. The van der Waals surface area contributed by atoms with Gasteiger partial charge in [0.15, 0.2) is 0 Å². The largest absolute Gasteiger partial charge is 0.754 e. The SMILES string of the molecule is Cc1ccc(NN(c2ccc(C)cc2)S(=O)[O-])cc1. The Bertz CT molecular complexity index is 567.